The first kappa shape index (κ1) is 18.5. The molecule has 2 aromatic carbocycles. The van der Waals surface area contributed by atoms with Gasteiger partial charge in [-0.1, -0.05) is 53.7 Å². The zero-order chi connectivity index (χ0) is 20.2. The Hall–Kier alpha value is -3.87. The minimum absolute atomic E-state index is 0.0709. The number of aromatic nitrogens is 1. The van der Waals surface area contributed by atoms with E-state index in [1.165, 1.54) is 0 Å². The third-order valence-electron chi connectivity index (χ3n) is 4.34. The molecule has 1 atom stereocenters. The summed E-state index contributed by atoms with van der Waals surface area (Å²) in [5.41, 5.74) is 1.65. The summed E-state index contributed by atoms with van der Waals surface area (Å²) in [4.78, 5) is 25.6. The van der Waals surface area contributed by atoms with Crippen LogP contribution in [-0.2, 0) is 14.3 Å². The average Bonchev–Trinajstić information content (AvgIpc) is 3.16. The number of para-hydroxylation sites is 1. The lowest BCUT2D eigenvalue weighted by Gasteiger charge is -2.20. The van der Waals surface area contributed by atoms with Crippen LogP contribution in [0.3, 0.4) is 0 Å². The summed E-state index contributed by atoms with van der Waals surface area (Å²) in [6, 6.07) is 17.7. The molecule has 1 amide bonds. The summed E-state index contributed by atoms with van der Waals surface area (Å²) < 4.78 is 16.1. The first-order valence-corrected chi connectivity index (χ1v) is 9.02. The first-order valence-electron chi connectivity index (χ1n) is 9.02. The van der Waals surface area contributed by atoms with Crippen LogP contribution in [0, 0.1) is 6.92 Å². The summed E-state index contributed by atoms with van der Waals surface area (Å²) in [7, 11) is 0. The molecule has 1 N–H and O–H groups in total. The largest absolute Gasteiger partial charge is 0.488 e. The molecule has 0 bridgehead atoms. The van der Waals surface area contributed by atoms with Gasteiger partial charge in [-0.05, 0) is 19.1 Å². The minimum Gasteiger partial charge on any atom is -0.488 e. The minimum atomic E-state index is -1.15. The van der Waals surface area contributed by atoms with E-state index in [0.29, 0.717) is 22.6 Å². The van der Waals surface area contributed by atoms with Gasteiger partial charge in [-0.25, -0.2) is 4.79 Å². The van der Waals surface area contributed by atoms with E-state index in [4.69, 9.17) is 14.0 Å². The molecule has 1 aromatic heterocycles. The first-order chi connectivity index (χ1) is 14.1. The summed E-state index contributed by atoms with van der Waals surface area (Å²) in [5, 5.41) is 6.36. The summed E-state index contributed by atoms with van der Waals surface area (Å²) in [5.74, 6) is 0.341. The van der Waals surface area contributed by atoms with Gasteiger partial charge >= 0.3 is 5.97 Å². The highest BCUT2D eigenvalue weighted by Crippen LogP contribution is 2.28. The monoisotopic (exact) mass is 390 g/mol. The number of amides is 1. The van der Waals surface area contributed by atoms with E-state index in [9.17, 15) is 9.59 Å². The fraction of sp³-hybridized carbons (Fsp3) is 0.136. The number of hydrogen-bond acceptors (Lipinski definition) is 6. The number of anilines is 1. The van der Waals surface area contributed by atoms with Gasteiger partial charge < -0.3 is 19.3 Å². The number of carbonyl (C=O) groups is 2. The van der Waals surface area contributed by atoms with Gasteiger partial charge in [-0.2, -0.15) is 0 Å². The molecule has 0 saturated heterocycles. The molecule has 7 heteroatoms. The molecule has 0 fully saturated rings. The van der Waals surface area contributed by atoms with Gasteiger partial charge in [0.25, 0.3) is 5.91 Å². The van der Waals surface area contributed by atoms with E-state index in [-0.39, 0.29) is 12.4 Å². The van der Waals surface area contributed by atoms with E-state index in [1.807, 2.05) is 30.3 Å². The standard InChI is InChI=1S/C22H18N2O5/c1-14-11-19(24-29-14)23-21(25)20(15-7-3-2-4-8-15)28-22(26)17-12-16-9-5-6-10-18(16)27-13-17/h2-12,20H,13H2,1H3,(H,23,24,25)/t20-/m1/s1. The van der Waals surface area contributed by atoms with Crippen molar-refractivity contribution in [3.05, 3.63) is 83.1 Å². The molecule has 0 spiro atoms. The predicted molar refractivity (Wildman–Crippen MR) is 105 cm³/mol. The third-order valence-corrected chi connectivity index (χ3v) is 4.34. The number of hydrogen-bond donors (Lipinski definition) is 1. The molecular weight excluding hydrogens is 372 g/mol. The quantitative estimate of drug-likeness (QED) is 0.669. The molecule has 146 valence electrons. The molecule has 0 unspecified atom stereocenters. The normalized spacial score (nSPS) is 13.5. The summed E-state index contributed by atoms with van der Waals surface area (Å²) >= 11 is 0. The Morgan fingerprint density at radius 2 is 1.86 bits per heavy atom. The number of fused-ring (bicyclic) bond motifs is 1. The molecule has 29 heavy (non-hydrogen) atoms. The van der Waals surface area contributed by atoms with Crippen LogP contribution >= 0.6 is 0 Å². The van der Waals surface area contributed by atoms with E-state index in [1.54, 1.807) is 43.3 Å². The lowest BCUT2D eigenvalue weighted by Crippen LogP contribution is -2.28. The van der Waals surface area contributed by atoms with Gasteiger partial charge in [0.2, 0.25) is 6.10 Å². The van der Waals surface area contributed by atoms with Crippen LogP contribution in [0.1, 0.15) is 23.0 Å². The van der Waals surface area contributed by atoms with Crippen LogP contribution in [0.25, 0.3) is 6.08 Å². The third kappa shape index (κ3) is 4.19. The molecule has 1 aliphatic rings. The number of nitrogens with one attached hydrogen (secondary N) is 1. The van der Waals surface area contributed by atoms with Crippen molar-refractivity contribution in [2.45, 2.75) is 13.0 Å². The fourth-order valence-corrected chi connectivity index (χ4v) is 2.93. The summed E-state index contributed by atoms with van der Waals surface area (Å²) in [6.45, 7) is 1.78. The van der Waals surface area contributed by atoms with E-state index in [0.717, 1.165) is 5.56 Å². The zero-order valence-electron chi connectivity index (χ0n) is 15.6. The van der Waals surface area contributed by atoms with Crippen LogP contribution in [0.4, 0.5) is 5.82 Å². The second kappa shape index (κ2) is 8.02. The molecule has 4 rings (SSSR count). The number of nitrogens with zero attached hydrogens (tertiary/aromatic N) is 1. The van der Waals surface area contributed by atoms with Crippen molar-refractivity contribution in [3.63, 3.8) is 0 Å². The van der Waals surface area contributed by atoms with Crippen LogP contribution in [0.2, 0.25) is 0 Å². The Bertz CT molecular complexity index is 1070. The van der Waals surface area contributed by atoms with Crippen molar-refractivity contribution in [2.75, 3.05) is 11.9 Å². The Morgan fingerprint density at radius 3 is 2.62 bits per heavy atom. The predicted octanol–water partition coefficient (Wildman–Crippen LogP) is 3.68. The number of ether oxygens (including phenoxy) is 2. The zero-order valence-corrected chi connectivity index (χ0v) is 15.6. The second-order valence-corrected chi connectivity index (χ2v) is 6.50. The molecule has 0 radical (unpaired) electrons. The molecule has 0 saturated carbocycles. The topological polar surface area (TPSA) is 90.7 Å². The van der Waals surface area contributed by atoms with Crippen molar-refractivity contribution in [3.8, 4) is 5.75 Å². The molecule has 7 nitrogen and oxygen atoms in total. The molecule has 0 aliphatic carbocycles. The SMILES string of the molecule is Cc1cc(NC(=O)[C@H](OC(=O)C2=Cc3ccccc3OC2)c2ccccc2)no1. The maximum Gasteiger partial charge on any atom is 0.338 e. The molecular formula is C22H18N2O5. The highest BCUT2D eigenvalue weighted by atomic mass is 16.6. The van der Waals surface area contributed by atoms with Gasteiger partial charge in [0, 0.05) is 17.2 Å². The van der Waals surface area contributed by atoms with Crippen LogP contribution in [0.15, 0.2) is 70.8 Å². The van der Waals surface area contributed by atoms with Gasteiger partial charge in [0.15, 0.2) is 5.82 Å². The lowest BCUT2D eigenvalue weighted by molar-refractivity contribution is -0.151. The fourth-order valence-electron chi connectivity index (χ4n) is 2.93. The van der Waals surface area contributed by atoms with Crippen LogP contribution in [0.5, 0.6) is 5.75 Å². The van der Waals surface area contributed by atoms with Crippen LogP contribution < -0.4 is 10.1 Å². The maximum absolute atomic E-state index is 12.8. The second-order valence-electron chi connectivity index (χ2n) is 6.50. The van der Waals surface area contributed by atoms with Gasteiger partial charge in [0.05, 0.1) is 5.57 Å². The van der Waals surface area contributed by atoms with Gasteiger partial charge in [-0.15, -0.1) is 0 Å². The smallest absolute Gasteiger partial charge is 0.338 e. The number of esters is 1. The van der Waals surface area contributed by atoms with Crippen molar-refractivity contribution in [2.24, 2.45) is 0 Å². The molecule has 2 heterocycles. The highest BCUT2D eigenvalue weighted by Gasteiger charge is 2.28. The maximum atomic E-state index is 12.8. The van der Waals surface area contributed by atoms with Crippen molar-refractivity contribution in [1.29, 1.82) is 0 Å². The summed E-state index contributed by atoms with van der Waals surface area (Å²) in [6.07, 6.45) is 0.557. The Balaban J connectivity index is 1.56. The van der Waals surface area contributed by atoms with Crippen molar-refractivity contribution < 1.29 is 23.6 Å². The van der Waals surface area contributed by atoms with E-state index in [2.05, 4.69) is 10.5 Å². The Labute approximate surface area is 166 Å². The van der Waals surface area contributed by atoms with Crippen molar-refractivity contribution in [1.82, 2.24) is 5.16 Å². The molecule has 1 aliphatic heterocycles. The van der Waals surface area contributed by atoms with E-state index < -0.39 is 18.0 Å². The highest BCUT2D eigenvalue weighted by molar-refractivity contribution is 5.99. The molecule has 3 aromatic rings. The number of aryl methyl sites for hydroxylation is 1. The number of rotatable bonds is 5. The lowest BCUT2D eigenvalue weighted by atomic mass is 10.1. The number of benzene rings is 2. The Kier molecular flexibility index (Phi) is 5.11. The average molecular weight is 390 g/mol. The van der Waals surface area contributed by atoms with E-state index >= 15 is 0 Å². The van der Waals surface area contributed by atoms with Crippen molar-refractivity contribution >= 4 is 23.8 Å². The number of carbonyl (C=O) groups excluding carboxylic acids is 2. The van der Waals surface area contributed by atoms with Gasteiger partial charge in [0.1, 0.15) is 18.1 Å². The van der Waals surface area contributed by atoms with Crippen LogP contribution in [-0.4, -0.2) is 23.6 Å². The Morgan fingerprint density at radius 1 is 1.10 bits per heavy atom. The van der Waals surface area contributed by atoms with Gasteiger partial charge in [-0.3, -0.25) is 4.79 Å².